The fourth-order valence-corrected chi connectivity index (χ4v) is 3.76. The number of unbranched alkanes of at least 4 members (excludes halogenated alkanes) is 4. The molecule has 1 unspecified atom stereocenters. The smallest absolute Gasteiger partial charge is 0.0701 e. The van der Waals surface area contributed by atoms with Crippen molar-refractivity contribution < 1.29 is 0 Å². The van der Waals surface area contributed by atoms with Crippen LogP contribution in [0.4, 0.5) is 0 Å². The first-order valence-electron chi connectivity index (χ1n) is 5.63. The molecule has 1 rings (SSSR count). The molecule has 0 spiro atoms. The molecule has 0 N–H and O–H groups in total. The van der Waals surface area contributed by atoms with Crippen LogP contribution >= 0.6 is 43.2 Å². The molecule has 0 aliphatic rings. The van der Waals surface area contributed by atoms with Crippen LogP contribution in [0.25, 0.3) is 0 Å². The average molecular weight is 354 g/mol. The molecular formula is C12H18Br2S. The number of thiophene rings is 1. The zero-order chi connectivity index (χ0) is 11.1. The zero-order valence-electron chi connectivity index (χ0n) is 9.14. The number of hydrogen-bond acceptors (Lipinski definition) is 1. The van der Waals surface area contributed by atoms with Gasteiger partial charge in [-0.25, -0.2) is 0 Å². The Morgan fingerprint density at radius 2 is 1.93 bits per heavy atom. The van der Waals surface area contributed by atoms with Crippen molar-refractivity contribution in [3.63, 3.8) is 0 Å². The highest BCUT2D eigenvalue weighted by molar-refractivity contribution is 9.11. The summed E-state index contributed by atoms with van der Waals surface area (Å²) in [6.45, 7) is 2.26. The normalized spacial score (nSPS) is 13.0. The summed E-state index contributed by atoms with van der Waals surface area (Å²) in [4.78, 5) is 1.99. The van der Waals surface area contributed by atoms with E-state index < -0.39 is 0 Å². The third-order valence-corrected chi connectivity index (χ3v) is 5.46. The summed E-state index contributed by atoms with van der Waals surface area (Å²) in [6, 6.07) is 4.34. The summed E-state index contributed by atoms with van der Waals surface area (Å²) in [5, 5.41) is 0. The Balaban J connectivity index is 2.16. The van der Waals surface area contributed by atoms with Crippen LogP contribution in [0.5, 0.6) is 0 Å². The molecule has 0 saturated heterocycles. The number of alkyl halides is 1. The minimum Gasteiger partial charge on any atom is -0.132 e. The lowest BCUT2D eigenvalue weighted by atomic mass is 10.1. The summed E-state index contributed by atoms with van der Waals surface area (Å²) in [6.07, 6.45) is 8.09. The molecule has 1 aromatic heterocycles. The predicted molar refractivity (Wildman–Crippen MR) is 77.1 cm³/mol. The van der Waals surface area contributed by atoms with E-state index in [0.29, 0.717) is 4.83 Å². The van der Waals surface area contributed by atoms with Crippen LogP contribution in [0.15, 0.2) is 15.9 Å². The van der Waals surface area contributed by atoms with Gasteiger partial charge in [0.15, 0.2) is 0 Å². The molecule has 0 saturated carbocycles. The van der Waals surface area contributed by atoms with Crippen LogP contribution in [0, 0.1) is 0 Å². The summed E-state index contributed by atoms with van der Waals surface area (Å²) in [5.41, 5.74) is 0. The molecule has 0 aliphatic heterocycles. The monoisotopic (exact) mass is 352 g/mol. The highest BCUT2D eigenvalue weighted by Crippen LogP contribution is 2.35. The van der Waals surface area contributed by atoms with Gasteiger partial charge in [-0.15, -0.1) is 11.3 Å². The van der Waals surface area contributed by atoms with Gasteiger partial charge in [0.2, 0.25) is 0 Å². The maximum Gasteiger partial charge on any atom is 0.0701 e. The van der Waals surface area contributed by atoms with Gasteiger partial charge in [-0.3, -0.25) is 0 Å². The number of halogens is 2. The van der Waals surface area contributed by atoms with Gasteiger partial charge in [-0.1, -0.05) is 55.0 Å². The van der Waals surface area contributed by atoms with E-state index >= 15 is 0 Å². The van der Waals surface area contributed by atoms with Crippen LogP contribution in [0.3, 0.4) is 0 Å². The maximum atomic E-state index is 3.76. The van der Waals surface area contributed by atoms with E-state index in [-0.39, 0.29) is 0 Å². The molecule has 0 fully saturated rings. The lowest BCUT2D eigenvalue weighted by Crippen LogP contribution is -1.86. The number of hydrogen-bond donors (Lipinski definition) is 0. The van der Waals surface area contributed by atoms with E-state index in [1.807, 2.05) is 11.3 Å². The fourth-order valence-electron chi connectivity index (χ4n) is 1.57. The third kappa shape index (κ3) is 5.50. The Bertz CT molecular complexity index is 270. The minimum absolute atomic E-state index is 0.551. The minimum atomic E-state index is 0.551. The summed E-state index contributed by atoms with van der Waals surface area (Å²) < 4.78 is 1.23. The predicted octanol–water partition coefficient (Wildman–Crippen LogP) is 6.31. The topological polar surface area (TPSA) is 0 Å². The Morgan fingerprint density at radius 3 is 2.53 bits per heavy atom. The molecule has 1 atom stereocenters. The van der Waals surface area contributed by atoms with E-state index in [2.05, 4.69) is 50.9 Å². The first kappa shape index (κ1) is 13.7. The third-order valence-electron chi connectivity index (χ3n) is 2.46. The van der Waals surface area contributed by atoms with Crippen molar-refractivity contribution in [2.24, 2.45) is 0 Å². The number of rotatable bonds is 7. The molecule has 0 aromatic carbocycles. The molecule has 3 heteroatoms. The quantitative estimate of drug-likeness (QED) is 0.398. The van der Waals surface area contributed by atoms with Crippen molar-refractivity contribution in [3.8, 4) is 0 Å². The summed E-state index contributed by atoms with van der Waals surface area (Å²) in [5.74, 6) is 0. The van der Waals surface area contributed by atoms with Crippen LogP contribution in [0.1, 0.15) is 55.2 Å². The zero-order valence-corrected chi connectivity index (χ0v) is 13.1. The average Bonchev–Trinajstić information content (AvgIpc) is 2.64. The highest BCUT2D eigenvalue weighted by atomic mass is 79.9. The molecular weight excluding hydrogens is 336 g/mol. The highest BCUT2D eigenvalue weighted by Gasteiger charge is 2.09. The summed E-state index contributed by atoms with van der Waals surface area (Å²) >= 11 is 9.09. The van der Waals surface area contributed by atoms with E-state index in [1.54, 1.807) is 0 Å². The van der Waals surface area contributed by atoms with Gasteiger partial charge in [0.05, 0.1) is 3.79 Å². The van der Waals surface area contributed by atoms with Crippen molar-refractivity contribution in [3.05, 3.63) is 20.8 Å². The maximum absolute atomic E-state index is 3.76. The Labute approximate surface area is 114 Å². The van der Waals surface area contributed by atoms with E-state index in [0.717, 1.165) is 0 Å². The Hall–Kier alpha value is 0.660. The fraction of sp³-hybridized carbons (Fsp3) is 0.667. The van der Waals surface area contributed by atoms with E-state index in [4.69, 9.17) is 0 Å². The first-order valence-corrected chi connectivity index (χ1v) is 8.16. The largest absolute Gasteiger partial charge is 0.132 e. The van der Waals surface area contributed by atoms with Gasteiger partial charge >= 0.3 is 0 Å². The van der Waals surface area contributed by atoms with Gasteiger partial charge in [0, 0.05) is 9.70 Å². The standard InChI is InChI=1S/C12H18Br2S/c1-2-3-4-5-6-7-10(13)11-8-9-12(14)15-11/h8-10H,2-7H2,1H3. The van der Waals surface area contributed by atoms with Gasteiger partial charge in [0.1, 0.15) is 0 Å². The first-order chi connectivity index (χ1) is 7.24. The Kier molecular flexibility index (Phi) is 7.19. The van der Waals surface area contributed by atoms with Gasteiger partial charge in [0.25, 0.3) is 0 Å². The lowest BCUT2D eigenvalue weighted by Gasteiger charge is -2.06. The molecule has 0 nitrogen and oxygen atoms in total. The molecule has 1 heterocycles. The van der Waals surface area contributed by atoms with Crippen molar-refractivity contribution in [1.29, 1.82) is 0 Å². The molecule has 0 bridgehead atoms. The van der Waals surface area contributed by atoms with E-state index in [9.17, 15) is 0 Å². The van der Waals surface area contributed by atoms with Crippen LogP contribution in [-0.4, -0.2) is 0 Å². The molecule has 0 aliphatic carbocycles. The van der Waals surface area contributed by atoms with E-state index in [1.165, 1.54) is 47.2 Å². The van der Waals surface area contributed by atoms with Gasteiger partial charge < -0.3 is 0 Å². The molecule has 86 valence electrons. The lowest BCUT2D eigenvalue weighted by molar-refractivity contribution is 0.607. The van der Waals surface area contributed by atoms with Gasteiger partial charge in [-0.05, 0) is 34.5 Å². The summed E-state index contributed by atoms with van der Waals surface area (Å²) in [7, 11) is 0. The molecule has 0 radical (unpaired) electrons. The van der Waals surface area contributed by atoms with Crippen molar-refractivity contribution >= 4 is 43.2 Å². The van der Waals surface area contributed by atoms with Crippen molar-refractivity contribution in [1.82, 2.24) is 0 Å². The second kappa shape index (κ2) is 7.86. The van der Waals surface area contributed by atoms with Crippen molar-refractivity contribution in [2.75, 3.05) is 0 Å². The van der Waals surface area contributed by atoms with Crippen LogP contribution in [0.2, 0.25) is 0 Å². The second-order valence-corrected chi connectivity index (χ2v) is 7.41. The SMILES string of the molecule is CCCCCCCC(Br)c1ccc(Br)s1. The Morgan fingerprint density at radius 1 is 1.20 bits per heavy atom. The second-order valence-electron chi connectivity index (χ2n) is 3.81. The van der Waals surface area contributed by atoms with Crippen LogP contribution < -0.4 is 0 Å². The van der Waals surface area contributed by atoms with Gasteiger partial charge in [-0.2, -0.15) is 0 Å². The molecule has 1 aromatic rings. The van der Waals surface area contributed by atoms with Crippen LogP contribution in [-0.2, 0) is 0 Å². The molecule has 0 amide bonds. The van der Waals surface area contributed by atoms with Crippen molar-refractivity contribution in [2.45, 2.75) is 50.3 Å². The molecule has 15 heavy (non-hydrogen) atoms.